The zero-order chi connectivity index (χ0) is 20.2. The van der Waals surface area contributed by atoms with Crippen LogP contribution in [0.4, 0.5) is 5.82 Å². The van der Waals surface area contributed by atoms with E-state index in [2.05, 4.69) is 15.6 Å². The van der Waals surface area contributed by atoms with Crippen LogP contribution in [0.2, 0.25) is 0 Å². The highest BCUT2D eigenvalue weighted by Crippen LogP contribution is 2.29. The number of pyridine rings is 1. The molecule has 7 nitrogen and oxygen atoms in total. The lowest BCUT2D eigenvalue weighted by molar-refractivity contribution is 0.415. The van der Waals surface area contributed by atoms with Crippen LogP contribution in [0.15, 0.2) is 78.4 Å². The summed E-state index contributed by atoms with van der Waals surface area (Å²) in [6.45, 7) is 0. The second-order valence-corrected chi connectivity index (χ2v) is 6.38. The van der Waals surface area contributed by atoms with Crippen molar-refractivity contribution in [2.45, 2.75) is 0 Å². The van der Waals surface area contributed by atoms with Gasteiger partial charge < -0.3 is 20.8 Å². The maximum absolute atomic E-state index is 8.03. The predicted molar refractivity (Wildman–Crippen MR) is 115 cm³/mol. The maximum Gasteiger partial charge on any atom is 0.163 e. The Morgan fingerprint density at radius 3 is 2.79 bits per heavy atom. The van der Waals surface area contributed by atoms with E-state index in [1.807, 2.05) is 49.5 Å². The van der Waals surface area contributed by atoms with Gasteiger partial charge in [0, 0.05) is 47.9 Å². The first-order valence-electron chi connectivity index (χ1n) is 9.07. The minimum atomic E-state index is 0.440. The fraction of sp³-hybridized carbons (Fsp3) is 0.0909. The number of ether oxygens (including phenoxy) is 1. The van der Waals surface area contributed by atoms with Crippen molar-refractivity contribution in [1.82, 2.24) is 20.3 Å². The molecule has 0 atom stereocenters. The van der Waals surface area contributed by atoms with Crippen molar-refractivity contribution in [2.24, 2.45) is 0 Å². The molecule has 0 aliphatic heterocycles. The Morgan fingerprint density at radius 1 is 1.14 bits per heavy atom. The van der Waals surface area contributed by atoms with Crippen molar-refractivity contribution in [1.29, 1.82) is 5.41 Å². The van der Waals surface area contributed by atoms with Gasteiger partial charge in [0.1, 0.15) is 11.6 Å². The first-order chi connectivity index (χ1) is 14.2. The average Bonchev–Trinajstić information content (AvgIpc) is 2.76. The monoisotopic (exact) mass is 384 g/mol. The van der Waals surface area contributed by atoms with Crippen molar-refractivity contribution < 1.29 is 4.74 Å². The molecule has 0 spiro atoms. The molecule has 2 aromatic heterocycles. The molecular weight excluding hydrogens is 364 g/mol. The van der Waals surface area contributed by atoms with Crippen molar-refractivity contribution >= 4 is 22.4 Å². The number of methoxy groups -OCH3 is 1. The van der Waals surface area contributed by atoms with Gasteiger partial charge in [0.2, 0.25) is 0 Å². The molecule has 0 saturated carbocycles. The number of aromatic nitrogens is 3. The molecule has 0 fully saturated rings. The van der Waals surface area contributed by atoms with Gasteiger partial charge in [-0.2, -0.15) is 0 Å². The van der Waals surface area contributed by atoms with E-state index in [1.54, 1.807) is 31.8 Å². The van der Waals surface area contributed by atoms with E-state index >= 15 is 0 Å². The van der Waals surface area contributed by atoms with E-state index in [4.69, 9.17) is 20.1 Å². The summed E-state index contributed by atoms with van der Waals surface area (Å²) in [6, 6.07) is 9.48. The number of allylic oxidation sites excluding steroid dienone is 4. The zero-order valence-corrected chi connectivity index (χ0v) is 16.1. The van der Waals surface area contributed by atoms with Crippen molar-refractivity contribution in [3.8, 4) is 17.1 Å². The minimum absolute atomic E-state index is 0.440. The molecule has 2 heterocycles. The summed E-state index contributed by atoms with van der Waals surface area (Å²) in [5.41, 5.74) is 3.67. The molecule has 29 heavy (non-hydrogen) atoms. The molecule has 0 unspecified atom stereocenters. The number of benzene rings is 1. The summed E-state index contributed by atoms with van der Waals surface area (Å²) in [6.07, 6.45) is 10.7. The number of hydrogen-bond acceptors (Lipinski definition) is 7. The van der Waals surface area contributed by atoms with Gasteiger partial charge in [-0.05, 0) is 48.6 Å². The summed E-state index contributed by atoms with van der Waals surface area (Å²) in [5, 5.41) is 15.2. The van der Waals surface area contributed by atoms with E-state index in [-0.39, 0.29) is 0 Å². The van der Waals surface area contributed by atoms with E-state index in [1.165, 1.54) is 0 Å². The van der Waals surface area contributed by atoms with Crippen molar-refractivity contribution in [3.05, 3.63) is 78.4 Å². The molecule has 0 amide bonds. The number of nitrogens with one attached hydrogen (secondary N) is 3. The van der Waals surface area contributed by atoms with E-state index in [0.29, 0.717) is 17.4 Å². The standard InChI is InChI=1S/C22H20N6O/c1-24-12-15-10-16(5-7-19(15)23)26-22-18-11-17(29-2)6-8-20(18)27-21(28-22)14-4-3-9-25-13-14/h3-13,23-24H,1-2H3,(H,26,27,28)/b15-12-,23-19?. The Bertz CT molecular complexity index is 1160. The molecule has 0 saturated heterocycles. The summed E-state index contributed by atoms with van der Waals surface area (Å²) in [4.78, 5) is 13.6. The van der Waals surface area contributed by atoms with E-state index < -0.39 is 0 Å². The molecule has 0 bridgehead atoms. The number of anilines is 1. The van der Waals surface area contributed by atoms with Crippen LogP contribution in [-0.2, 0) is 0 Å². The third kappa shape index (κ3) is 3.84. The second kappa shape index (κ2) is 7.93. The van der Waals surface area contributed by atoms with Gasteiger partial charge in [0.15, 0.2) is 5.82 Å². The Balaban J connectivity index is 1.83. The van der Waals surface area contributed by atoms with Gasteiger partial charge in [-0.1, -0.05) is 0 Å². The van der Waals surface area contributed by atoms with Gasteiger partial charge >= 0.3 is 0 Å². The van der Waals surface area contributed by atoms with Gasteiger partial charge in [-0.3, -0.25) is 4.98 Å². The van der Waals surface area contributed by atoms with E-state index in [0.717, 1.165) is 33.5 Å². The van der Waals surface area contributed by atoms with Gasteiger partial charge in [-0.25, -0.2) is 9.97 Å². The molecule has 4 rings (SSSR count). The topological polar surface area (TPSA) is 95.8 Å². The highest BCUT2D eigenvalue weighted by molar-refractivity contribution is 6.10. The predicted octanol–water partition coefficient (Wildman–Crippen LogP) is 3.69. The third-order valence-corrected chi connectivity index (χ3v) is 4.44. The minimum Gasteiger partial charge on any atom is -0.497 e. The number of fused-ring (bicyclic) bond motifs is 1. The van der Waals surface area contributed by atoms with Crippen LogP contribution in [0.3, 0.4) is 0 Å². The lowest BCUT2D eigenvalue weighted by Gasteiger charge is -2.15. The highest BCUT2D eigenvalue weighted by Gasteiger charge is 2.13. The average molecular weight is 384 g/mol. The van der Waals surface area contributed by atoms with E-state index in [9.17, 15) is 0 Å². The van der Waals surface area contributed by atoms with Crippen molar-refractivity contribution in [3.63, 3.8) is 0 Å². The van der Waals surface area contributed by atoms with Crippen LogP contribution in [0, 0.1) is 5.41 Å². The molecule has 7 heteroatoms. The van der Waals surface area contributed by atoms with Crippen LogP contribution in [0.25, 0.3) is 22.3 Å². The molecule has 0 radical (unpaired) electrons. The third-order valence-electron chi connectivity index (χ3n) is 4.44. The number of hydrogen-bond donors (Lipinski definition) is 3. The fourth-order valence-corrected chi connectivity index (χ4v) is 3.01. The van der Waals surface area contributed by atoms with Crippen LogP contribution >= 0.6 is 0 Å². The molecule has 3 aromatic rings. The lowest BCUT2D eigenvalue weighted by atomic mass is 10.0. The lowest BCUT2D eigenvalue weighted by Crippen LogP contribution is -2.10. The Kier molecular flexibility index (Phi) is 5.03. The summed E-state index contributed by atoms with van der Waals surface area (Å²) < 4.78 is 5.38. The molecule has 144 valence electrons. The molecule has 1 aromatic carbocycles. The number of rotatable bonds is 5. The zero-order valence-electron chi connectivity index (χ0n) is 16.1. The maximum atomic E-state index is 8.03. The molecule has 1 aliphatic carbocycles. The van der Waals surface area contributed by atoms with Crippen LogP contribution in [0.1, 0.15) is 0 Å². The molecule has 1 aliphatic rings. The number of nitrogens with zero attached hydrogens (tertiary/aromatic N) is 3. The van der Waals surface area contributed by atoms with Gasteiger partial charge in [-0.15, -0.1) is 0 Å². The highest BCUT2D eigenvalue weighted by atomic mass is 16.5. The Hall–Kier alpha value is -4.00. The van der Waals surface area contributed by atoms with Crippen LogP contribution < -0.4 is 15.4 Å². The molecule has 3 N–H and O–H groups in total. The normalized spacial score (nSPS) is 14.8. The van der Waals surface area contributed by atoms with Crippen molar-refractivity contribution in [2.75, 3.05) is 19.5 Å². The van der Waals surface area contributed by atoms with Crippen LogP contribution in [0.5, 0.6) is 5.75 Å². The van der Waals surface area contributed by atoms with Gasteiger partial charge in [0.25, 0.3) is 0 Å². The Labute approximate surface area is 168 Å². The first-order valence-corrected chi connectivity index (χ1v) is 9.07. The second-order valence-electron chi connectivity index (χ2n) is 6.38. The first kappa shape index (κ1) is 18.4. The quantitative estimate of drug-likeness (QED) is 0.621. The largest absolute Gasteiger partial charge is 0.497 e. The summed E-state index contributed by atoms with van der Waals surface area (Å²) in [7, 11) is 3.44. The SMILES string of the molecule is CN/C=C1/C=C(Nc2nc(-c3cccnc3)nc3ccc(OC)cc23)C=CC1=N. The molecular formula is C22H20N6O. The van der Waals surface area contributed by atoms with Crippen LogP contribution in [-0.4, -0.2) is 34.8 Å². The smallest absolute Gasteiger partial charge is 0.163 e. The fourth-order valence-electron chi connectivity index (χ4n) is 3.01. The van der Waals surface area contributed by atoms with Gasteiger partial charge in [0.05, 0.1) is 18.3 Å². The summed E-state index contributed by atoms with van der Waals surface area (Å²) in [5.74, 6) is 1.96. The Morgan fingerprint density at radius 2 is 2.03 bits per heavy atom. The summed E-state index contributed by atoms with van der Waals surface area (Å²) >= 11 is 0.